The molecule has 0 aliphatic carbocycles. The number of anilines is 2. The summed E-state index contributed by atoms with van der Waals surface area (Å²) in [5.41, 5.74) is 0.996. The Morgan fingerprint density at radius 2 is 2.00 bits per heavy atom. The molecule has 1 fully saturated rings. The van der Waals surface area contributed by atoms with Crippen molar-refractivity contribution in [2.24, 2.45) is 0 Å². The van der Waals surface area contributed by atoms with Gasteiger partial charge in [0.1, 0.15) is 17.6 Å². The summed E-state index contributed by atoms with van der Waals surface area (Å²) in [5.74, 6) is -0.162. The van der Waals surface area contributed by atoms with Crippen LogP contribution < -0.4 is 20.3 Å². The van der Waals surface area contributed by atoms with Crippen molar-refractivity contribution >= 4 is 34.9 Å². The van der Waals surface area contributed by atoms with Gasteiger partial charge in [0.2, 0.25) is 5.91 Å². The van der Waals surface area contributed by atoms with Gasteiger partial charge < -0.3 is 20.3 Å². The predicted molar refractivity (Wildman–Crippen MR) is 97.3 cm³/mol. The van der Waals surface area contributed by atoms with Crippen LogP contribution >= 0.6 is 11.6 Å². The standard InChI is InChI=1S/C18H17ClFN3O3/c1-26-16-7-2-11(19)10-15(16)22-18(25)21-14-8-9-23(17(14)24)13-5-3-12(20)4-6-13/h2-7,10,14H,8-9H2,1H3,(H2,21,22,25). The van der Waals surface area contributed by atoms with Crippen molar-refractivity contribution in [2.45, 2.75) is 12.5 Å². The fourth-order valence-electron chi connectivity index (χ4n) is 2.79. The number of ether oxygens (including phenoxy) is 1. The van der Waals surface area contributed by atoms with Crippen LogP contribution in [0.5, 0.6) is 5.75 Å². The van der Waals surface area contributed by atoms with Crippen molar-refractivity contribution in [2.75, 3.05) is 23.9 Å². The van der Waals surface area contributed by atoms with E-state index in [9.17, 15) is 14.0 Å². The number of nitrogens with zero attached hydrogens (tertiary/aromatic N) is 1. The van der Waals surface area contributed by atoms with Crippen LogP contribution in [0.25, 0.3) is 0 Å². The predicted octanol–water partition coefficient (Wildman–Crippen LogP) is 3.41. The highest BCUT2D eigenvalue weighted by Gasteiger charge is 2.33. The zero-order chi connectivity index (χ0) is 18.7. The Morgan fingerprint density at radius 3 is 2.69 bits per heavy atom. The lowest BCUT2D eigenvalue weighted by Gasteiger charge is -2.18. The van der Waals surface area contributed by atoms with Crippen molar-refractivity contribution in [1.29, 1.82) is 0 Å². The third-order valence-electron chi connectivity index (χ3n) is 4.06. The number of amides is 3. The number of hydrogen-bond donors (Lipinski definition) is 2. The van der Waals surface area contributed by atoms with Gasteiger partial charge in [0.15, 0.2) is 0 Å². The molecule has 6 nitrogen and oxygen atoms in total. The molecule has 1 unspecified atom stereocenters. The number of hydrogen-bond acceptors (Lipinski definition) is 3. The SMILES string of the molecule is COc1ccc(Cl)cc1NC(=O)NC1CCN(c2ccc(F)cc2)C1=O. The van der Waals surface area contributed by atoms with Gasteiger partial charge in [-0.25, -0.2) is 9.18 Å². The van der Waals surface area contributed by atoms with Crippen molar-refractivity contribution in [3.8, 4) is 5.75 Å². The van der Waals surface area contributed by atoms with Crippen LogP contribution in [0.15, 0.2) is 42.5 Å². The molecule has 1 saturated heterocycles. The molecule has 1 heterocycles. The molecule has 8 heteroatoms. The van der Waals surface area contributed by atoms with Crippen molar-refractivity contribution in [3.05, 3.63) is 53.3 Å². The van der Waals surface area contributed by atoms with E-state index < -0.39 is 12.1 Å². The smallest absolute Gasteiger partial charge is 0.319 e. The molecule has 2 aromatic carbocycles. The van der Waals surface area contributed by atoms with E-state index in [1.165, 1.54) is 36.3 Å². The molecule has 26 heavy (non-hydrogen) atoms. The highest BCUT2D eigenvalue weighted by atomic mass is 35.5. The zero-order valence-electron chi connectivity index (χ0n) is 14.0. The largest absolute Gasteiger partial charge is 0.495 e. The van der Waals surface area contributed by atoms with Crippen LogP contribution in [-0.4, -0.2) is 31.6 Å². The Kier molecular flexibility index (Phi) is 5.27. The van der Waals surface area contributed by atoms with Crippen molar-refractivity contribution < 1.29 is 18.7 Å². The van der Waals surface area contributed by atoms with E-state index in [0.29, 0.717) is 35.1 Å². The van der Waals surface area contributed by atoms with Gasteiger partial charge in [-0.1, -0.05) is 11.6 Å². The Morgan fingerprint density at radius 1 is 1.27 bits per heavy atom. The number of rotatable bonds is 4. The summed E-state index contributed by atoms with van der Waals surface area (Å²) in [6.45, 7) is 0.440. The molecule has 3 rings (SSSR count). The van der Waals surface area contributed by atoms with Gasteiger partial charge >= 0.3 is 6.03 Å². The lowest BCUT2D eigenvalue weighted by molar-refractivity contribution is -0.118. The van der Waals surface area contributed by atoms with E-state index in [2.05, 4.69) is 10.6 Å². The summed E-state index contributed by atoms with van der Waals surface area (Å²) in [7, 11) is 1.48. The zero-order valence-corrected chi connectivity index (χ0v) is 14.7. The number of carbonyl (C=O) groups excluding carboxylic acids is 2. The van der Waals surface area contributed by atoms with Gasteiger partial charge in [0, 0.05) is 17.3 Å². The monoisotopic (exact) mass is 377 g/mol. The van der Waals surface area contributed by atoms with E-state index in [1.807, 2.05) is 0 Å². The maximum atomic E-state index is 13.0. The molecule has 0 bridgehead atoms. The Bertz CT molecular complexity index is 829. The first kappa shape index (κ1) is 18.0. The molecule has 2 N–H and O–H groups in total. The second-order valence-corrected chi connectivity index (χ2v) is 6.19. The van der Waals surface area contributed by atoms with E-state index >= 15 is 0 Å². The third-order valence-corrected chi connectivity index (χ3v) is 4.29. The summed E-state index contributed by atoms with van der Waals surface area (Å²) < 4.78 is 18.2. The van der Waals surface area contributed by atoms with Crippen LogP contribution in [0.4, 0.5) is 20.6 Å². The lowest BCUT2D eigenvalue weighted by atomic mass is 10.2. The van der Waals surface area contributed by atoms with Crippen LogP contribution in [0.2, 0.25) is 5.02 Å². The molecule has 3 amide bonds. The number of halogens is 2. The fraction of sp³-hybridized carbons (Fsp3) is 0.222. The first-order chi connectivity index (χ1) is 12.5. The van der Waals surface area contributed by atoms with Crippen LogP contribution in [0.3, 0.4) is 0 Å². The van der Waals surface area contributed by atoms with Crippen molar-refractivity contribution in [3.63, 3.8) is 0 Å². The van der Waals surface area contributed by atoms with Gasteiger partial charge in [-0.15, -0.1) is 0 Å². The highest BCUT2D eigenvalue weighted by Crippen LogP contribution is 2.28. The van der Waals surface area contributed by atoms with Crippen molar-refractivity contribution in [1.82, 2.24) is 5.32 Å². The molecule has 0 saturated carbocycles. The number of nitrogens with one attached hydrogen (secondary N) is 2. The number of carbonyl (C=O) groups is 2. The summed E-state index contributed by atoms with van der Waals surface area (Å²) in [6.07, 6.45) is 0.455. The maximum absolute atomic E-state index is 13.0. The van der Waals surface area contributed by atoms with E-state index in [4.69, 9.17) is 16.3 Å². The quantitative estimate of drug-likeness (QED) is 0.857. The number of urea groups is 1. The summed E-state index contributed by atoms with van der Waals surface area (Å²) in [6, 6.07) is 9.29. The number of benzene rings is 2. The summed E-state index contributed by atoms with van der Waals surface area (Å²) >= 11 is 5.93. The number of methoxy groups -OCH3 is 1. The summed E-state index contributed by atoms with van der Waals surface area (Å²) in [5, 5.41) is 5.72. The summed E-state index contributed by atoms with van der Waals surface area (Å²) in [4.78, 5) is 26.3. The molecule has 0 spiro atoms. The van der Waals surface area contributed by atoms with Gasteiger partial charge in [0.05, 0.1) is 12.8 Å². The normalized spacial score (nSPS) is 16.5. The van der Waals surface area contributed by atoms with E-state index in [-0.39, 0.29) is 11.7 Å². The van der Waals surface area contributed by atoms with Gasteiger partial charge in [-0.3, -0.25) is 4.79 Å². The van der Waals surface area contributed by atoms with Gasteiger partial charge in [-0.05, 0) is 48.9 Å². The second-order valence-electron chi connectivity index (χ2n) is 5.75. The molecule has 1 aliphatic heterocycles. The third kappa shape index (κ3) is 3.88. The Labute approximate surface area is 154 Å². The minimum Gasteiger partial charge on any atom is -0.495 e. The Balaban J connectivity index is 1.64. The van der Waals surface area contributed by atoms with Gasteiger partial charge in [0.25, 0.3) is 0 Å². The van der Waals surface area contributed by atoms with Gasteiger partial charge in [-0.2, -0.15) is 0 Å². The molecule has 2 aromatic rings. The van der Waals surface area contributed by atoms with Crippen LogP contribution in [0, 0.1) is 5.82 Å². The molecule has 136 valence electrons. The first-order valence-corrected chi connectivity index (χ1v) is 8.33. The lowest BCUT2D eigenvalue weighted by Crippen LogP contribution is -2.43. The fourth-order valence-corrected chi connectivity index (χ4v) is 2.96. The molecule has 1 atom stereocenters. The molecule has 0 radical (unpaired) electrons. The van der Waals surface area contributed by atoms with E-state index in [0.717, 1.165) is 0 Å². The Hall–Kier alpha value is -2.80. The minimum atomic E-state index is -0.662. The van der Waals surface area contributed by atoms with E-state index in [1.54, 1.807) is 18.2 Å². The topological polar surface area (TPSA) is 70.7 Å². The van der Waals surface area contributed by atoms with Crippen LogP contribution in [0.1, 0.15) is 6.42 Å². The first-order valence-electron chi connectivity index (χ1n) is 7.96. The molecule has 1 aliphatic rings. The molecular formula is C18H17ClFN3O3. The molecular weight excluding hydrogens is 361 g/mol. The highest BCUT2D eigenvalue weighted by molar-refractivity contribution is 6.31. The second kappa shape index (κ2) is 7.61. The average molecular weight is 378 g/mol. The molecule has 0 aromatic heterocycles. The maximum Gasteiger partial charge on any atom is 0.319 e. The minimum absolute atomic E-state index is 0.246. The average Bonchev–Trinajstić information content (AvgIpc) is 2.96. The van der Waals surface area contributed by atoms with Crippen LogP contribution in [-0.2, 0) is 4.79 Å².